The second-order valence-corrected chi connectivity index (χ2v) is 8.25. The molecule has 0 radical (unpaired) electrons. The van der Waals surface area contributed by atoms with Gasteiger partial charge in [0.25, 0.3) is 0 Å². The van der Waals surface area contributed by atoms with Crippen LogP contribution in [0, 0.1) is 5.92 Å². The summed E-state index contributed by atoms with van der Waals surface area (Å²) >= 11 is 12.1. The first kappa shape index (κ1) is 24.8. The number of halogens is 4. The Bertz CT molecular complexity index is 609. The standard InChI is InChI=1S/C19H27Cl2N3O.2ClH/c20-17-5-4-13(10-18(17)21)12-24-8-6-16(7-9-24)23-19(25)14-2-1-3-15(22)11-14;;/h4-5,10,14-16H,1-3,6-9,11-12,22H2,(H,23,25);2*1H. The molecule has 1 heterocycles. The number of nitrogens with zero attached hydrogens (tertiary/aromatic N) is 1. The highest BCUT2D eigenvalue weighted by molar-refractivity contribution is 6.42. The maximum absolute atomic E-state index is 12.4. The predicted molar refractivity (Wildman–Crippen MR) is 117 cm³/mol. The molecule has 2 atom stereocenters. The minimum absolute atomic E-state index is 0. The highest BCUT2D eigenvalue weighted by Gasteiger charge is 2.28. The summed E-state index contributed by atoms with van der Waals surface area (Å²) in [5, 5.41) is 4.45. The molecule has 2 unspecified atom stereocenters. The van der Waals surface area contributed by atoms with Crippen molar-refractivity contribution < 1.29 is 4.79 Å². The molecule has 154 valence electrons. The van der Waals surface area contributed by atoms with E-state index in [-0.39, 0.29) is 48.7 Å². The Hall–Kier alpha value is -0.230. The number of carbonyl (C=O) groups excluding carboxylic acids is 1. The van der Waals surface area contributed by atoms with Gasteiger partial charge in [0.15, 0.2) is 0 Å². The largest absolute Gasteiger partial charge is 0.353 e. The molecule has 4 nitrogen and oxygen atoms in total. The van der Waals surface area contributed by atoms with Gasteiger partial charge in [-0.2, -0.15) is 0 Å². The number of hydrogen-bond acceptors (Lipinski definition) is 3. The fourth-order valence-corrected chi connectivity index (χ4v) is 4.24. The average molecular weight is 457 g/mol. The van der Waals surface area contributed by atoms with Crippen molar-refractivity contribution in [3.05, 3.63) is 33.8 Å². The zero-order valence-electron chi connectivity index (χ0n) is 15.3. The number of piperidine rings is 1. The lowest BCUT2D eigenvalue weighted by Gasteiger charge is -2.34. The Morgan fingerprint density at radius 2 is 1.81 bits per heavy atom. The molecule has 1 aliphatic heterocycles. The fourth-order valence-electron chi connectivity index (χ4n) is 3.92. The molecule has 3 rings (SSSR count). The lowest BCUT2D eigenvalue weighted by molar-refractivity contribution is -0.127. The van der Waals surface area contributed by atoms with E-state index >= 15 is 0 Å². The van der Waals surface area contributed by atoms with E-state index < -0.39 is 0 Å². The van der Waals surface area contributed by atoms with E-state index in [0.717, 1.165) is 58.2 Å². The van der Waals surface area contributed by atoms with Crippen LogP contribution in [-0.2, 0) is 11.3 Å². The van der Waals surface area contributed by atoms with Crippen molar-refractivity contribution in [2.24, 2.45) is 11.7 Å². The van der Waals surface area contributed by atoms with E-state index in [1.54, 1.807) is 0 Å². The highest BCUT2D eigenvalue weighted by Crippen LogP contribution is 2.25. The van der Waals surface area contributed by atoms with Crippen molar-refractivity contribution in [2.75, 3.05) is 13.1 Å². The van der Waals surface area contributed by atoms with Crippen LogP contribution in [0.3, 0.4) is 0 Å². The van der Waals surface area contributed by atoms with Gasteiger partial charge in [-0.05, 0) is 49.8 Å². The SMILES string of the molecule is Cl.Cl.NC1CCCC(C(=O)NC2CCN(Cc3ccc(Cl)c(Cl)c3)CC2)C1. The first-order chi connectivity index (χ1) is 12.0. The van der Waals surface area contributed by atoms with Gasteiger partial charge in [0.2, 0.25) is 5.91 Å². The van der Waals surface area contributed by atoms with Crippen molar-refractivity contribution in [3.63, 3.8) is 0 Å². The molecule has 0 aromatic heterocycles. The number of nitrogens with two attached hydrogens (primary N) is 1. The molecule has 3 N–H and O–H groups in total. The van der Waals surface area contributed by atoms with Crippen LogP contribution in [0.15, 0.2) is 18.2 Å². The summed E-state index contributed by atoms with van der Waals surface area (Å²) in [6.07, 6.45) is 5.92. The molecule has 2 fully saturated rings. The Morgan fingerprint density at radius 1 is 1.11 bits per heavy atom. The summed E-state index contributed by atoms with van der Waals surface area (Å²) in [6.45, 7) is 2.83. The van der Waals surface area contributed by atoms with Crippen molar-refractivity contribution in [2.45, 2.75) is 57.2 Å². The minimum atomic E-state index is 0. The Kier molecular flexibility index (Phi) is 10.7. The average Bonchev–Trinajstić information content (AvgIpc) is 2.60. The Balaban J connectivity index is 0.00000182. The van der Waals surface area contributed by atoms with E-state index in [4.69, 9.17) is 28.9 Å². The van der Waals surface area contributed by atoms with E-state index in [1.807, 2.05) is 18.2 Å². The van der Waals surface area contributed by atoms with Crippen molar-refractivity contribution >= 4 is 53.9 Å². The van der Waals surface area contributed by atoms with Crippen LogP contribution in [0.4, 0.5) is 0 Å². The topological polar surface area (TPSA) is 58.4 Å². The van der Waals surface area contributed by atoms with Crippen LogP contribution < -0.4 is 11.1 Å². The molecule has 8 heteroatoms. The van der Waals surface area contributed by atoms with E-state index in [2.05, 4.69) is 10.2 Å². The first-order valence-corrected chi connectivity index (χ1v) is 9.99. The lowest BCUT2D eigenvalue weighted by Crippen LogP contribution is -2.47. The monoisotopic (exact) mass is 455 g/mol. The summed E-state index contributed by atoms with van der Waals surface area (Å²) in [6, 6.07) is 6.28. The third-order valence-electron chi connectivity index (χ3n) is 5.41. The predicted octanol–water partition coefficient (Wildman–Crippen LogP) is 4.44. The van der Waals surface area contributed by atoms with Gasteiger partial charge in [-0.1, -0.05) is 35.7 Å². The molecule has 1 aliphatic carbocycles. The summed E-state index contributed by atoms with van der Waals surface area (Å²) in [5.74, 6) is 0.316. The maximum Gasteiger partial charge on any atom is 0.223 e. The third kappa shape index (κ3) is 7.26. The lowest BCUT2D eigenvalue weighted by atomic mass is 9.85. The molecule has 1 saturated heterocycles. The van der Waals surface area contributed by atoms with Crippen LogP contribution in [-0.4, -0.2) is 36.0 Å². The van der Waals surface area contributed by atoms with Crippen LogP contribution in [0.2, 0.25) is 10.0 Å². The van der Waals surface area contributed by atoms with Gasteiger partial charge in [-0.15, -0.1) is 24.8 Å². The molecule has 27 heavy (non-hydrogen) atoms. The number of amides is 1. The van der Waals surface area contributed by atoms with Gasteiger partial charge < -0.3 is 11.1 Å². The summed E-state index contributed by atoms with van der Waals surface area (Å²) in [4.78, 5) is 14.8. The number of carbonyl (C=O) groups is 1. The van der Waals surface area contributed by atoms with Crippen molar-refractivity contribution in [1.29, 1.82) is 0 Å². The second kappa shape index (κ2) is 11.7. The van der Waals surface area contributed by atoms with Gasteiger partial charge in [0, 0.05) is 37.6 Å². The normalized spacial score (nSPS) is 23.8. The van der Waals surface area contributed by atoms with Crippen LogP contribution in [0.25, 0.3) is 0 Å². The van der Waals surface area contributed by atoms with Crippen molar-refractivity contribution in [1.82, 2.24) is 10.2 Å². The fraction of sp³-hybridized carbons (Fsp3) is 0.632. The zero-order valence-corrected chi connectivity index (χ0v) is 18.5. The Labute approximate surface area is 184 Å². The quantitative estimate of drug-likeness (QED) is 0.704. The van der Waals surface area contributed by atoms with Gasteiger partial charge >= 0.3 is 0 Å². The molecule has 1 saturated carbocycles. The molecule has 2 aliphatic rings. The summed E-state index contributed by atoms with van der Waals surface area (Å²) < 4.78 is 0. The van der Waals surface area contributed by atoms with Crippen LogP contribution in [0.1, 0.15) is 44.1 Å². The Morgan fingerprint density at radius 3 is 2.44 bits per heavy atom. The number of rotatable bonds is 4. The summed E-state index contributed by atoms with van der Waals surface area (Å²) in [5.41, 5.74) is 7.18. The summed E-state index contributed by atoms with van der Waals surface area (Å²) in [7, 11) is 0. The van der Waals surface area contributed by atoms with Gasteiger partial charge in [-0.25, -0.2) is 0 Å². The number of likely N-dealkylation sites (tertiary alicyclic amines) is 1. The molecule has 1 aromatic carbocycles. The molecular formula is C19H29Cl4N3O. The van der Waals surface area contributed by atoms with Crippen molar-refractivity contribution in [3.8, 4) is 0 Å². The zero-order chi connectivity index (χ0) is 17.8. The number of nitrogens with one attached hydrogen (secondary N) is 1. The van der Waals surface area contributed by atoms with E-state index in [0.29, 0.717) is 10.0 Å². The van der Waals surface area contributed by atoms with Gasteiger partial charge in [-0.3, -0.25) is 9.69 Å². The van der Waals surface area contributed by atoms with Crippen LogP contribution >= 0.6 is 48.0 Å². The molecule has 0 spiro atoms. The molecular weight excluding hydrogens is 428 g/mol. The number of hydrogen-bond donors (Lipinski definition) is 2. The second-order valence-electron chi connectivity index (χ2n) is 7.43. The third-order valence-corrected chi connectivity index (χ3v) is 6.15. The molecule has 0 bridgehead atoms. The van der Waals surface area contributed by atoms with E-state index in [9.17, 15) is 4.79 Å². The highest BCUT2D eigenvalue weighted by atomic mass is 35.5. The van der Waals surface area contributed by atoms with Crippen LogP contribution in [0.5, 0.6) is 0 Å². The van der Waals surface area contributed by atoms with Gasteiger partial charge in [0.1, 0.15) is 0 Å². The van der Waals surface area contributed by atoms with E-state index in [1.165, 1.54) is 5.56 Å². The maximum atomic E-state index is 12.4. The molecule has 1 amide bonds. The smallest absolute Gasteiger partial charge is 0.223 e. The van der Waals surface area contributed by atoms with Gasteiger partial charge in [0.05, 0.1) is 10.0 Å². The first-order valence-electron chi connectivity index (χ1n) is 9.23. The number of benzene rings is 1. The minimum Gasteiger partial charge on any atom is -0.353 e. The molecule has 1 aromatic rings.